The van der Waals surface area contributed by atoms with E-state index in [9.17, 15) is 0 Å². The van der Waals surface area contributed by atoms with Gasteiger partial charge in [-0.15, -0.1) is 0 Å². The molecule has 0 aromatic heterocycles. The summed E-state index contributed by atoms with van der Waals surface area (Å²) in [5.41, 5.74) is 0. The SMILES string of the molecule is CC(C)(B(O)O)C1CC1. The van der Waals surface area contributed by atoms with Crippen molar-refractivity contribution in [1.82, 2.24) is 0 Å². The van der Waals surface area contributed by atoms with Crippen molar-refractivity contribution >= 4 is 7.12 Å². The molecule has 0 heterocycles. The van der Waals surface area contributed by atoms with E-state index in [2.05, 4.69) is 0 Å². The van der Waals surface area contributed by atoms with Crippen LogP contribution in [0.5, 0.6) is 0 Å². The van der Waals surface area contributed by atoms with Gasteiger partial charge >= 0.3 is 7.12 Å². The molecule has 0 spiro atoms. The fraction of sp³-hybridized carbons (Fsp3) is 1.00. The molecule has 1 fully saturated rings. The third-order valence-electron chi connectivity index (χ3n) is 2.30. The first kappa shape index (κ1) is 7.10. The van der Waals surface area contributed by atoms with Crippen LogP contribution in [0.15, 0.2) is 0 Å². The Morgan fingerprint density at radius 3 is 1.89 bits per heavy atom. The quantitative estimate of drug-likeness (QED) is 0.536. The summed E-state index contributed by atoms with van der Waals surface area (Å²) in [6.07, 6.45) is 2.31. The van der Waals surface area contributed by atoms with Gasteiger partial charge in [-0.2, -0.15) is 0 Å². The molecule has 1 rings (SSSR count). The lowest BCUT2D eigenvalue weighted by Gasteiger charge is -2.21. The van der Waals surface area contributed by atoms with Crippen LogP contribution < -0.4 is 0 Å². The fourth-order valence-electron chi connectivity index (χ4n) is 1.04. The van der Waals surface area contributed by atoms with Crippen LogP contribution in [0.25, 0.3) is 0 Å². The van der Waals surface area contributed by atoms with Gasteiger partial charge < -0.3 is 10.0 Å². The summed E-state index contributed by atoms with van der Waals surface area (Å²) in [5.74, 6) is 0.539. The van der Waals surface area contributed by atoms with Crippen molar-refractivity contribution in [2.75, 3.05) is 0 Å². The van der Waals surface area contributed by atoms with Gasteiger partial charge in [-0.05, 0) is 5.92 Å². The lowest BCUT2D eigenvalue weighted by Crippen LogP contribution is -2.29. The van der Waals surface area contributed by atoms with Gasteiger partial charge in [0.15, 0.2) is 0 Å². The Morgan fingerprint density at radius 1 is 1.33 bits per heavy atom. The Kier molecular flexibility index (Phi) is 1.57. The summed E-state index contributed by atoms with van der Waals surface area (Å²) in [6.45, 7) is 3.80. The van der Waals surface area contributed by atoms with Crippen LogP contribution in [0.3, 0.4) is 0 Å². The summed E-state index contributed by atoms with van der Waals surface area (Å²) in [7, 11) is -1.15. The lowest BCUT2D eigenvalue weighted by atomic mass is 9.57. The Balaban J connectivity index is 2.48. The van der Waals surface area contributed by atoms with Crippen molar-refractivity contribution in [1.29, 1.82) is 0 Å². The zero-order valence-corrected chi connectivity index (χ0v) is 5.96. The minimum Gasteiger partial charge on any atom is -0.427 e. The fourth-order valence-corrected chi connectivity index (χ4v) is 1.04. The summed E-state index contributed by atoms with van der Waals surface area (Å²) in [4.78, 5) is 0. The van der Waals surface area contributed by atoms with E-state index in [1.54, 1.807) is 0 Å². The number of hydrogen-bond donors (Lipinski definition) is 2. The molecule has 0 aliphatic heterocycles. The Bertz CT molecular complexity index is 104. The topological polar surface area (TPSA) is 40.5 Å². The first-order valence-corrected chi connectivity index (χ1v) is 3.41. The van der Waals surface area contributed by atoms with E-state index in [4.69, 9.17) is 10.0 Å². The van der Waals surface area contributed by atoms with E-state index in [0.717, 1.165) is 12.8 Å². The van der Waals surface area contributed by atoms with Gasteiger partial charge in [0, 0.05) is 5.31 Å². The van der Waals surface area contributed by atoms with E-state index in [0.29, 0.717) is 5.92 Å². The minimum absolute atomic E-state index is 0.278. The van der Waals surface area contributed by atoms with Gasteiger partial charge in [-0.1, -0.05) is 26.7 Å². The molecule has 9 heavy (non-hydrogen) atoms. The number of rotatable bonds is 2. The van der Waals surface area contributed by atoms with Crippen LogP contribution in [-0.4, -0.2) is 17.2 Å². The van der Waals surface area contributed by atoms with Crippen molar-refractivity contribution in [3.05, 3.63) is 0 Å². The normalized spacial score (nSPS) is 20.0. The molecule has 1 saturated carbocycles. The van der Waals surface area contributed by atoms with Crippen molar-refractivity contribution < 1.29 is 10.0 Å². The van der Waals surface area contributed by atoms with Crippen LogP contribution >= 0.6 is 0 Å². The highest BCUT2D eigenvalue weighted by Gasteiger charge is 2.45. The molecule has 0 saturated heterocycles. The monoisotopic (exact) mass is 128 g/mol. The molecular formula is C6H13BO2. The molecule has 0 unspecified atom stereocenters. The summed E-state index contributed by atoms with van der Waals surface area (Å²) in [5, 5.41) is 17.4. The highest BCUT2D eigenvalue weighted by atomic mass is 16.4. The first-order chi connectivity index (χ1) is 4.05. The van der Waals surface area contributed by atoms with Crippen molar-refractivity contribution in [3.63, 3.8) is 0 Å². The third kappa shape index (κ3) is 1.27. The second kappa shape index (κ2) is 1.99. The second-order valence-electron chi connectivity index (χ2n) is 3.47. The van der Waals surface area contributed by atoms with E-state index >= 15 is 0 Å². The standard InChI is InChI=1S/C6H13BO2/c1-6(2,7(8)9)5-3-4-5/h5,8-9H,3-4H2,1-2H3. The van der Waals surface area contributed by atoms with Crippen molar-refractivity contribution in [2.45, 2.75) is 32.0 Å². The Morgan fingerprint density at radius 2 is 1.78 bits per heavy atom. The average Bonchev–Trinajstić information content (AvgIpc) is 2.42. The van der Waals surface area contributed by atoms with Gasteiger partial charge in [0.2, 0.25) is 0 Å². The molecule has 2 N–H and O–H groups in total. The average molecular weight is 128 g/mol. The maximum atomic E-state index is 8.85. The summed E-state index contributed by atoms with van der Waals surface area (Å²) < 4.78 is 0. The lowest BCUT2D eigenvalue weighted by molar-refractivity contribution is 0.336. The Hall–Kier alpha value is -0.0151. The van der Waals surface area contributed by atoms with Crippen molar-refractivity contribution in [2.24, 2.45) is 5.92 Å². The van der Waals surface area contributed by atoms with Gasteiger partial charge in [-0.3, -0.25) is 0 Å². The second-order valence-corrected chi connectivity index (χ2v) is 3.47. The van der Waals surface area contributed by atoms with Gasteiger partial charge in [0.25, 0.3) is 0 Å². The molecule has 3 heteroatoms. The van der Waals surface area contributed by atoms with Crippen LogP contribution in [0.4, 0.5) is 0 Å². The number of hydrogen-bond acceptors (Lipinski definition) is 2. The molecule has 0 aromatic rings. The van der Waals surface area contributed by atoms with Crippen LogP contribution in [-0.2, 0) is 0 Å². The highest BCUT2D eigenvalue weighted by Crippen LogP contribution is 2.50. The molecule has 1 aliphatic carbocycles. The van der Waals surface area contributed by atoms with E-state index < -0.39 is 7.12 Å². The van der Waals surface area contributed by atoms with Gasteiger partial charge in [0.1, 0.15) is 0 Å². The smallest absolute Gasteiger partial charge is 0.427 e. The van der Waals surface area contributed by atoms with Crippen LogP contribution in [0.1, 0.15) is 26.7 Å². The maximum Gasteiger partial charge on any atom is 0.457 e. The Labute approximate surface area is 56.0 Å². The minimum atomic E-state index is -1.15. The molecule has 52 valence electrons. The first-order valence-electron chi connectivity index (χ1n) is 3.41. The largest absolute Gasteiger partial charge is 0.457 e. The molecule has 0 aromatic carbocycles. The van der Waals surface area contributed by atoms with E-state index in [-0.39, 0.29) is 5.31 Å². The molecule has 0 amide bonds. The zero-order valence-electron chi connectivity index (χ0n) is 5.96. The molecule has 0 bridgehead atoms. The molecule has 2 nitrogen and oxygen atoms in total. The van der Waals surface area contributed by atoms with E-state index in [1.165, 1.54) is 0 Å². The van der Waals surface area contributed by atoms with Crippen molar-refractivity contribution in [3.8, 4) is 0 Å². The predicted octanol–water partition coefficient (Wildman–Crippen LogP) is 0.649. The summed E-state index contributed by atoms with van der Waals surface area (Å²) in [6, 6.07) is 0. The third-order valence-corrected chi connectivity index (χ3v) is 2.30. The molecule has 0 radical (unpaired) electrons. The van der Waals surface area contributed by atoms with Gasteiger partial charge in [0.05, 0.1) is 0 Å². The maximum absolute atomic E-state index is 8.85. The summed E-state index contributed by atoms with van der Waals surface area (Å²) >= 11 is 0. The molecular weight excluding hydrogens is 115 g/mol. The van der Waals surface area contributed by atoms with Crippen LogP contribution in [0, 0.1) is 5.92 Å². The van der Waals surface area contributed by atoms with Crippen LogP contribution in [0.2, 0.25) is 5.31 Å². The van der Waals surface area contributed by atoms with E-state index in [1.807, 2.05) is 13.8 Å². The predicted molar refractivity (Wildman–Crippen MR) is 37.0 cm³/mol. The van der Waals surface area contributed by atoms with Gasteiger partial charge in [-0.25, -0.2) is 0 Å². The molecule has 1 aliphatic rings. The highest BCUT2D eigenvalue weighted by molar-refractivity contribution is 6.45. The molecule has 0 atom stereocenters. The zero-order chi connectivity index (χ0) is 7.07.